The third-order valence-corrected chi connectivity index (χ3v) is 5.76. The highest BCUT2D eigenvalue weighted by Gasteiger charge is 2.22. The Balaban J connectivity index is 1.35. The van der Waals surface area contributed by atoms with Crippen LogP contribution in [0.2, 0.25) is 0 Å². The Morgan fingerprint density at radius 2 is 2.07 bits per heavy atom. The molecule has 4 heterocycles. The summed E-state index contributed by atoms with van der Waals surface area (Å²) < 4.78 is 10.9. The quantitative estimate of drug-likeness (QED) is 0.525. The van der Waals surface area contributed by atoms with E-state index in [2.05, 4.69) is 14.9 Å². The summed E-state index contributed by atoms with van der Waals surface area (Å²) in [6, 6.07) is 11.9. The van der Waals surface area contributed by atoms with Crippen LogP contribution in [0.25, 0.3) is 11.3 Å². The van der Waals surface area contributed by atoms with Crippen molar-refractivity contribution in [2.24, 2.45) is 0 Å². The molecule has 148 valence electrons. The van der Waals surface area contributed by atoms with Gasteiger partial charge in [-0.15, -0.1) is 0 Å². The van der Waals surface area contributed by atoms with Crippen LogP contribution in [0, 0.1) is 0 Å². The van der Waals surface area contributed by atoms with Crippen LogP contribution in [0.1, 0.15) is 17.0 Å². The molecule has 1 N–H and O–H groups in total. The highest BCUT2D eigenvalue weighted by atomic mass is 32.2. The van der Waals surface area contributed by atoms with Crippen molar-refractivity contribution in [1.29, 1.82) is 0 Å². The van der Waals surface area contributed by atoms with E-state index in [9.17, 15) is 4.79 Å². The lowest BCUT2D eigenvalue weighted by Crippen LogP contribution is -2.35. The van der Waals surface area contributed by atoms with Gasteiger partial charge in [-0.3, -0.25) is 14.7 Å². The van der Waals surface area contributed by atoms with Gasteiger partial charge in [0.05, 0.1) is 22.6 Å². The number of ether oxygens (including phenoxy) is 2. The molecule has 2 aliphatic heterocycles. The zero-order valence-corrected chi connectivity index (χ0v) is 16.8. The number of aromatic amines is 1. The van der Waals surface area contributed by atoms with Crippen molar-refractivity contribution in [3.05, 3.63) is 63.7 Å². The summed E-state index contributed by atoms with van der Waals surface area (Å²) in [6.07, 6.45) is 2.69. The van der Waals surface area contributed by atoms with Gasteiger partial charge in [-0.05, 0) is 36.6 Å². The predicted octanol–water partition coefficient (Wildman–Crippen LogP) is 2.84. The van der Waals surface area contributed by atoms with Crippen molar-refractivity contribution in [2.75, 3.05) is 19.6 Å². The molecule has 7 nitrogen and oxygen atoms in total. The summed E-state index contributed by atoms with van der Waals surface area (Å²) in [4.78, 5) is 26.9. The van der Waals surface area contributed by atoms with E-state index in [-0.39, 0.29) is 12.4 Å². The number of hydrogen-bond donors (Lipinski definition) is 1. The van der Waals surface area contributed by atoms with E-state index in [1.165, 1.54) is 11.8 Å². The van der Waals surface area contributed by atoms with Crippen molar-refractivity contribution in [3.63, 3.8) is 0 Å². The smallest absolute Gasteiger partial charge is 0.256 e. The van der Waals surface area contributed by atoms with E-state index in [4.69, 9.17) is 14.5 Å². The van der Waals surface area contributed by atoms with Gasteiger partial charge in [-0.1, -0.05) is 17.8 Å². The number of nitrogens with zero attached hydrogens (tertiary/aromatic N) is 3. The molecular formula is C21H20N4O3S. The van der Waals surface area contributed by atoms with E-state index in [1.54, 1.807) is 0 Å². The fourth-order valence-corrected chi connectivity index (χ4v) is 4.10. The summed E-state index contributed by atoms with van der Waals surface area (Å²) in [5.74, 6) is 1.51. The number of aromatic nitrogens is 3. The first kappa shape index (κ1) is 18.2. The Labute approximate surface area is 172 Å². The van der Waals surface area contributed by atoms with Gasteiger partial charge < -0.3 is 14.5 Å². The molecule has 0 fully saturated rings. The molecule has 0 aliphatic carbocycles. The number of benzene rings is 1. The van der Waals surface area contributed by atoms with Gasteiger partial charge in [0, 0.05) is 31.6 Å². The van der Waals surface area contributed by atoms with Crippen molar-refractivity contribution in [2.45, 2.75) is 24.7 Å². The van der Waals surface area contributed by atoms with Gasteiger partial charge in [0.15, 0.2) is 16.7 Å². The molecule has 2 aliphatic rings. The SMILES string of the molecule is CSc1nc2c(c(=O)[nH]1)CN(Cc1cccc(-c3ccc4c(c3)OCO4)n1)CC2. The van der Waals surface area contributed by atoms with Crippen molar-refractivity contribution < 1.29 is 9.47 Å². The lowest BCUT2D eigenvalue weighted by atomic mass is 10.1. The summed E-state index contributed by atoms with van der Waals surface area (Å²) in [5, 5.41) is 0.681. The molecule has 29 heavy (non-hydrogen) atoms. The van der Waals surface area contributed by atoms with Crippen LogP contribution < -0.4 is 15.0 Å². The number of pyridine rings is 1. The van der Waals surface area contributed by atoms with Gasteiger partial charge in [-0.25, -0.2) is 4.98 Å². The maximum absolute atomic E-state index is 12.4. The lowest BCUT2D eigenvalue weighted by Gasteiger charge is -2.27. The fraction of sp³-hybridized carbons (Fsp3) is 0.286. The van der Waals surface area contributed by atoms with Crippen molar-refractivity contribution >= 4 is 11.8 Å². The van der Waals surface area contributed by atoms with Gasteiger partial charge in [0.1, 0.15) is 0 Å². The summed E-state index contributed by atoms with van der Waals surface area (Å²) in [6.45, 7) is 2.38. The summed E-state index contributed by atoms with van der Waals surface area (Å²) in [5.41, 5.74) is 4.49. The van der Waals surface area contributed by atoms with E-state index < -0.39 is 0 Å². The molecule has 2 aromatic heterocycles. The van der Waals surface area contributed by atoms with E-state index in [0.717, 1.165) is 52.7 Å². The minimum atomic E-state index is -0.0360. The lowest BCUT2D eigenvalue weighted by molar-refractivity contribution is 0.174. The van der Waals surface area contributed by atoms with Crippen LogP contribution in [-0.2, 0) is 19.5 Å². The van der Waals surface area contributed by atoms with E-state index >= 15 is 0 Å². The second-order valence-corrected chi connectivity index (χ2v) is 7.84. The number of thioether (sulfide) groups is 1. The average molecular weight is 408 g/mol. The topological polar surface area (TPSA) is 80.3 Å². The van der Waals surface area contributed by atoms with Crippen LogP contribution in [0.15, 0.2) is 46.3 Å². The number of H-pyrrole nitrogens is 1. The second kappa shape index (κ2) is 7.53. The number of hydrogen-bond acceptors (Lipinski definition) is 7. The normalized spacial score (nSPS) is 15.3. The highest BCUT2D eigenvalue weighted by molar-refractivity contribution is 7.98. The number of nitrogens with one attached hydrogen (secondary N) is 1. The van der Waals surface area contributed by atoms with Gasteiger partial charge in [0.2, 0.25) is 6.79 Å². The molecule has 0 radical (unpaired) electrons. The Bertz CT molecular complexity index is 1130. The standard InChI is InChI=1S/C21H20N4O3S/c1-29-21-23-17-7-8-25(11-15(17)20(26)24-21)10-14-3-2-4-16(22-14)13-5-6-18-19(9-13)28-12-27-18/h2-6,9H,7-8,10-12H2,1H3,(H,23,24,26). The van der Waals surface area contributed by atoms with Crippen LogP contribution in [-0.4, -0.2) is 39.4 Å². The van der Waals surface area contributed by atoms with Crippen molar-refractivity contribution in [3.8, 4) is 22.8 Å². The largest absolute Gasteiger partial charge is 0.454 e. The molecule has 0 saturated carbocycles. The third-order valence-electron chi connectivity index (χ3n) is 5.18. The van der Waals surface area contributed by atoms with Crippen LogP contribution in [0.4, 0.5) is 0 Å². The maximum atomic E-state index is 12.4. The molecule has 0 saturated heterocycles. The molecule has 0 atom stereocenters. The van der Waals surface area contributed by atoms with Crippen LogP contribution in [0.5, 0.6) is 11.5 Å². The molecule has 0 unspecified atom stereocenters. The maximum Gasteiger partial charge on any atom is 0.256 e. The molecule has 3 aromatic rings. The molecule has 0 bridgehead atoms. The summed E-state index contributed by atoms with van der Waals surface area (Å²) >= 11 is 1.46. The molecule has 5 rings (SSSR count). The Morgan fingerprint density at radius 1 is 1.17 bits per heavy atom. The molecule has 0 spiro atoms. The molecule has 1 aromatic carbocycles. The fourth-order valence-electron chi connectivity index (χ4n) is 3.70. The van der Waals surface area contributed by atoms with Gasteiger partial charge in [0.25, 0.3) is 5.56 Å². The Morgan fingerprint density at radius 3 is 2.97 bits per heavy atom. The van der Waals surface area contributed by atoms with Crippen LogP contribution in [0.3, 0.4) is 0 Å². The average Bonchev–Trinajstić information content (AvgIpc) is 3.22. The zero-order chi connectivity index (χ0) is 19.8. The van der Waals surface area contributed by atoms with Gasteiger partial charge in [-0.2, -0.15) is 0 Å². The first-order chi connectivity index (χ1) is 14.2. The Hall–Kier alpha value is -2.84. The highest BCUT2D eigenvalue weighted by Crippen LogP contribution is 2.35. The predicted molar refractivity (Wildman–Crippen MR) is 110 cm³/mol. The summed E-state index contributed by atoms with van der Waals surface area (Å²) in [7, 11) is 0. The van der Waals surface area contributed by atoms with Crippen molar-refractivity contribution in [1.82, 2.24) is 19.9 Å². The number of rotatable bonds is 4. The minimum absolute atomic E-state index is 0.0360. The third kappa shape index (κ3) is 3.61. The Kier molecular flexibility index (Phi) is 4.73. The first-order valence-corrected chi connectivity index (χ1v) is 10.7. The molecular weight excluding hydrogens is 388 g/mol. The first-order valence-electron chi connectivity index (χ1n) is 9.44. The number of fused-ring (bicyclic) bond motifs is 2. The van der Waals surface area contributed by atoms with E-state index in [1.807, 2.05) is 42.7 Å². The van der Waals surface area contributed by atoms with Crippen LogP contribution >= 0.6 is 11.8 Å². The molecule has 8 heteroatoms. The minimum Gasteiger partial charge on any atom is -0.454 e. The zero-order valence-electron chi connectivity index (χ0n) is 16.0. The van der Waals surface area contributed by atoms with Gasteiger partial charge >= 0.3 is 0 Å². The second-order valence-electron chi connectivity index (χ2n) is 7.04. The van der Waals surface area contributed by atoms with E-state index in [0.29, 0.717) is 18.2 Å². The monoisotopic (exact) mass is 408 g/mol. The molecule has 0 amide bonds.